The summed E-state index contributed by atoms with van der Waals surface area (Å²) < 4.78 is 12.0. The molecule has 3 rings (SSSR count). The van der Waals surface area contributed by atoms with Gasteiger partial charge in [0.1, 0.15) is 0 Å². The van der Waals surface area contributed by atoms with E-state index in [9.17, 15) is 19.7 Å². The van der Waals surface area contributed by atoms with E-state index in [1.165, 1.54) is 60.5 Å². The zero-order valence-electron chi connectivity index (χ0n) is 16.7. The van der Waals surface area contributed by atoms with Crippen LogP contribution in [0.5, 0.6) is 11.5 Å². The minimum Gasteiger partial charge on any atom is -0.493 e. The zero-order chi connectivity index (χ0) is 22.4. The number of nitro groups is 1. The molecule has 2 N–H and O–H groups in total. The van der Waals surface area contributed by atoms with Gasteiger partial charge in [-0.1, -0.05) is 0 Å². The molecule has 3 aromatic rings. The van der Waals surface area contributed by atoms with E-state index in [1.807, 2.05) is 6.92 Å². The summed E-state index contributed by atoms with van der Waals surface area (Å²) in [6, 6.07) is 11.8. The van der Waals surface area contributed by atoms with Gasteiger partial charge in [-0.3, -0.25) is 30.6 Å². The smallest absolute Gasteiger partial charge is 0.290 e. The van der Waals surface area contributed by atoms with Gasteiger partial charge in [0.15, 0.2) is 17.2 Å². The van der Waals surface area contributed by atoms with Gasteiger partial charge < -0.3 is 9.47 Å². The van der Waals surface area contributed by atoms with Crippen LogP contribution in [0.4, 0.5) is 5.69 Å². The van der Waals surface area contributed by atoms with Crippen LogP contribution in [0, 0.1) is 10.1 Å². The second-order valence-electron chi connectivity index (χ2n) is 6.13. The molecule has 0 bridgehead atoms. The van der Waals surface area contributed by atoms with Gasteiger partial charge in [0, 0.05) is 23.9 Å². The predicted molar refractivity (Wildman–Crippen MR) is 109 cm³/mol. The number of non-ortho nitro benzene ring substituents is 1. The largest absolute Gasteiger partial charge is 0.493 e. The Bertz CT molecular complexity index is 1110. The van der Waals surface area contributed by atoms with Crippen LogP contribution in [0.3, 0.4) is 0 Å². The molecule has 0 aliphatic rings. The lowest BCUT2D eigenvalue weighted by Gasteiger charge is -2.11. The Kier molecular flexibility index (Phi) is 6.45. The maximum absolute atomic E-state index is 12.3. The number of rotatable bonds is 7. The first-order valence-electron chi connectivity index (χ1n) is 9.15. The SMILES string of the molecule is CCOc1ccc(C(=O)NNC(=O)c2ccn(-c3ccc([N+](=O)[O-])cc3)n2)cc1OC. The summed E-state index contributed by atoms with van der Waals surface area (Å²) in [6.45, 7) is 2.28. The van der Waals surface area contributed by atoms with E-state index < -0.39 is 16.7 Å². The fraction of sp³-hybridized carbons (Fsp3) is 0.150. The Balaban J connectivity index is 1.63. The first kappa shape index (κ1) is 21.3. The maximum atomic E-state index is 12.3. The van der Waals surface area contributed by atoms with E-state index in [1.54, 1.807) is 6.07 Å². The van der Waals surface area contributed by atoms with Gasteiger partial charge in [0.05, 0.1) is 24.3 Å². The number of hydrogen-bond donors (Lipinski definition) is 2. The summed E-state index contributed by atoms with van der Waals surface area (Å²) in [7, 11) is 1.46. The quantitative estimate of drug-likeness (QED) is 0.437. The standard InChI is InChI=1S/C20H19N5O6/c1-3-31-17-9-4-13(12-18(17)30-2)19(26)21-22-20(27)16-10-11-24(23-16)14-5-7-15(8-6-14)25(28)29/h4-12H,3H2,1-2H3,(H,21,26)(H,22,27). The fourth-order valence-electron chi connectivity index (χ4n) is 2.65. The third kappa shape index (κ3) is 4.96. The van der Waals surface area contributed by atoms with Crippen molar-refractivity contribution >= 4 is 17.5 Å². The van der Waals surface area contributed by atoms with Crippen molar-refractivity contribution in [3.05, 3.63) is 76.1 Å². The van der Waals surface area contributed by atoms with Crippen LogP contribution in [0.25, 0.3) is 5.69 Å². The highest BCUT2D eigenvalue weighted by atomic mass is 16.6. The maximum Gasteiger partial charge on any atom is 0.290 e. The minimum absolute atomic E-state index is 0.0444. The van der Waals surface area contributed by atoms with E-state index in [2.05, 4.69) is 16.0 Å². The van der Waals surface area contributed by atoms with E-state index >= 15 is 0 Å². The lowest BCUT2D eigenvalue weighted by molar-refractivity contribution is -0.384. The van der Waals surface area contributed by atoms with E-state index in [-0.39, 0.29) is 16.9 Å². The molecule has 0 fully saturated rings. The first-order valence-corrected chi connectivity index (χ1v) is 9.15. The third-order valence-electron chi connectivity index (χ3n) is 4.16. The fourth-order valence-corrected chi connectivity index (χ4v) is 2.65. The average Bonchev–Trinajstić information content (AvgIpc) is 3.28. The Hall–Kier alpha value is -4.41. The molecule has 0 saturated heterocycles. The summed E-state index contributed by atoms with van der Waals surface area (Å²) >= 11 is 0. The van der Waals surface area contributed by atoms with Crippen molar-refractivity contribution in [3.8, 4) is 17.2 Å². The topological polar surface area (TPSA) is 138 Å². The summed E-state index contributed by atoms with van der Waals surface area (Å²) in [5.41, 5.74) is 5.39. The highest BCUT2D eigenvalue weighted by Gasteiger charge is 2.15. The van der Waals surface area contributed by atoms with Gasteiger partial charge >= 0.3 is 0 Å². The molecule has 0 aliphatic heterocycles. The van der Waals surface area contributed by atoms with Crippen molar-refractivity contribution in [2.45, 2.75) is 6.92 Å². The average molecular weight is 425 g/mol. The van der Waals surface area contributed by atoms with Crippen LogP contribution < -0.4 is 20.3 Å². The number of ether oxygens (including phenoxy) is 2. The molecule has 31 heavy (non-hydrogen) atoms. The van der Waals surface area contributed by atoms with Crippen LogP contribution in [0.1, 0.15) is 27.8 Å². The number of amides is 2. The summed E-state index contributed by atoms with van der Waals surface area (Å²) in [5.74, 6) is -0.290. The number of nitro benzene ring substituents is 1. The molecule has 2 amide bonds. The van der Waals surface area contributed by atoms with Crippen LogP contribution >= 0.6 is 0 Å². The molecule has 11 heteroatoms. The van der Waals surface area contributed by atoms with Gasteiger partial charge in [-0.2, -0.15) is 5.10 Å². The van der Waals surface area contributed by atoms with Crippen molar-refractivity contribution < 1.29 is 24.0 Å². The van der Waals surface area contributed by atoms with E-state index in [0.717, 1.165) is 0 Å². The summed E-state index contributed by atoms with van der Waals surface area (Å²) in [4.78, 5) is 34.9. The van der Waals surface area contributed by atoms with Crippen molar-refractivity contribution in [1.82, 2.24) is 20.6 Å². The number of aromatic nitrogens is 2. The number of nitrogens with zero attached hydrogens (tertiary/aromatic N) is 3. The van der Waals surface area contributed by atoms with Gasteiger partial charge in [-0.25, -0.2) is 4.68 Å². The molecule has 0 radical (unpaired) electrons. The number of benzene rings is 2. The van der Waals surface area contributed by atoms with Crippen LogP contribution in [-0.4, -0.2) is 40.2 Å². The normalized spacial score (nSPS) is 10.3. The molecule has 0 unspecified atom stereocenters. The molecule has 0 spiro atoms. The first-order chi connectivity index (χ1) is 14.9. The van der Waals surface area contributed by atoms with Crippen molar-refractivity contribution in [2.75, 3.05) is 13.7 Å². The Labute approximate surface area is 176 Å². The molecule has 0 saturated carbocycles. The van der Waals surface area contributed by atoms with Gasteiger partial charge in [0.2, 0.25) is 0 Å². The second-order valence-corrected chi connectivity index (χ2v) is 6.13. The van der Waals surface area contributed by atoms with E-state index in [0.29, 0.717) is 23.8 Å². The molecular formula is C20H19N5O6. The molecule has 1 aromatic heterocycles. The monoisotopic (exact) mass is 425 g/mol. The summed E-state index contributed by atoms with van der Waals surface area (Å²) in [6.07, 6.45) is 1.52. The van der Waals surface area contributed by atoms with Crippen LogP contribution in [0.15, 0.2) is 54.7 Å². The highest BCUT2D eigenvalue weighted by Crippen LogP contribution is 2.27. The number of hydrazine groups is 1. The minimum atomic E-state index is -0.632. The third-order valence-corrected chi connectivity index (χ3v) is 4.16. The lowest BCUT2D eigenvalue weighted by Crippen LogP contribution is -2.41. The van der Waals surface area contributed by atoms with Crippen LogP contribution in [-0.2, 0) is 0 Å². The van der Waals surface area contributed by atoms with Crippen molar-refractivity contribution in [3.63, 3.8) is 0 Å². The Morgan fingerprint density at radius 3 is 2.42 bits per heavy atom. The zero-order valence-corrected chi connectivity index (χ0v) is 16.7. The number of carbonyl (C=O) groups excluding carboxylic acids is 2. The lowest BCUT2D eigenvalue weighted by atomic mass is 10.2. The highest BCUT2D eigenvalue weighted by molar-refractivity contribution is 5.98. The number of carbonyl (C=O) groups is 2. The number of nitrogens with one attached hydrogen (secondary N) is 2. The summed E-state index contributed by atoms with van der Waals surface area (Å²) in [5, 5.41) is 14.8. The number of hydrogen-bond acceptors (Lipinski definition) is 7. The Morgan fingerprint density at radius 1 is 1.06 bits per heavy atom. The molecule has 0 atom stereocenters. The van der Waals surface area contributed by atoms with Crippen molar-refractivity contribution in [2.24, 2.45) is 0 Å². The van der Waals surface area contributed by atoms with Gasteiger partial charge in [0.25, 0.3) is 17.5 Å². The van der Waals surface area contributed by atoms with Crippen LogP contribution in [0.2, 0.25) is 0 Å². The molecule has 2 aromatic carbocycles. The van der Waals surface area contributed by atoms with Gasteiger partial charge in [-0.05, 0) is 43.3 Å². The number of methoxy groups -OCH3 is 1. The second kappa shape index (κ2) is 9.39. The Morgan fingerprint density at radius 2 is 1.77 bits per heavy atom. The van der Waals surface area contributed by atoms with Crippen molar-refractivity contribution in [1.29, 1.82) is 0 Å². The predicted octanol–water partition coefficient (Wildman–Crippen LogP) is 2.26. The molecule has 11 nitrogen and oxygen atoms in total. The molecule has 160 valence electrons. The molecule has 0 aliphatic carbocycles. The van der Waals surface area contributed by atoms with E-state index in [4.69, 9.17) is 9.47 Å². The molecular weight excluding hydrogens is 406 g/mol. The molecule has 1 heterocycles. The van der Waals surface area contributed by atoms with Gasteiger partial charge in [-0.15, -0.1) is 0 Å².